The van der Waals surface area contributed by atoms with Crippen LogP contribution in [-0.2, 0) is 11.3 Å². The first kappa shape index (κ1) is 17.7. The Balaban J connectivity index is 1.85. The van der Waals surface area contributed by atoms with Crippen LogP contribution in [-0.4, -0.2) is 38.8 Å². The van der Waals surface area contributed by atoms with Crippen molar-refractivity contribution in [2.75, 3.05) is 12.4 Å². The van der Waals surface area contributed by atoms with E-state index in [0.717, 1.165) is 11.4 Å². The van der Waals surface area contributed by atoms with E-state index in [0.29, 0.717) is 36.9 Å². The van der Waals surface area contributed by atoms with Gasteiger partial charge >= 0.3 is 0 Å². The van der Waals surface area contributed by atoms with Crippen molar-refractivity contribution in [1.82, 2.24) is 19.7 Å². The Morgan fingerprint density at radius 1 is 1.24 bits per heavy atom. The minimum absolute atomic E-state index is 0.0503. The van der Waals surface area contributed by atoms with Gasteiger partial charge < -0.3 is 10.1 Å². The van der Waals surface area contributed by atoms with Gasteiger partial charge in [-0.25, -0.2) is 18.4 Å². The molecule has 0 bridgehead atoms. The van der Waals surface area contributed by atoms with Crippen molar-refractivity contribution >= 4 is 5.95 Å². The van der Waals surface area contributed by atoms with Crippen LogP contribution in [0.1, 0.15) is 42.8 Å². The van der Waals surface area contributed by atoms with E-state index in [4.69, 9.17) is 4.74 Å². The Labute approximate surface area is 145 Å². The average molecular weight is 351 g/mol. The van der Waals surface area contributed by atoms with Gasteiger partial charge in [-0.1, -0.05) is 0 Å². The predicted octanol–water partition coefficient (Wildman–Crippen LogP) is 3.42. The average Bonchev–Trinajstić information content (AvgIpc) is 2.88. The summed E-state index contributed by atoms with van der Waals surface area (Å²) in [4.78, 5) is 8.97. The maximum absolute atomic E-state index is 13.3. The second kappa shape index (κ2) is 7.03. The zero-order valence-corrected chi connectivity index (χ0v) is 14.7. The molecule has 0 amide bonds. The van der Waals surface area contributed by atoms with Gasteiger partial charge in [0.2, 0.25) is 11.9 Å². The van der Waals surface area contributed by atoms with Crippen molar-refractivity contribution in [3.63, 3.8) is 0 Å². The first-order valence-corrected chi connectivity index (χ1v) is 8.41. The number of ether oxygens (including phenoxy) is 1. The number of aromatic nitrogens is 4. The Hall–Kier alpha value is -2.09. The molecule has 1 aliphatic rings. The molecule has 2 aromatic heterocycles. The van der Waals surface area contributed by atoms with Crippen LogP contribution in [0.2, 0.25) is 0 Å². The number of anilines is 1. The number of methoxy groups -OCH3 is 1. The van der Waals surface area contributed by atoms with E-state index in [1.54, 1.807) is 11.8 Å². The fourth-order valence-corrected chi connectivity index (χ4v) is 3.11. The fourth-order valence-electron chi connectivity index (χ4n) is 3.11. The molecule has 136 valence electrons. The Morgan fingerprint density at radius 3 is 2.56 bits per heavy atom. The standard InChI is InChI=1S/C17H23F2N5O/c1-11-8-12(2)24(23-11)15-9-14(10-25-3)21-16(22-15)20-13-4-6-17(18,19)7-5-13/h8-9,13H,4-7,10H2,1-3H3,(H,20,21,22). The van der Waals surface area contributed by atoms with Crippen LogP contribution in [0.5, 0.6) is 0 Å². The summed E-state index contributed by atoms with van der Waals surface area (Å²) < 4.78 is 33.6. The topological polar surface area (TPSA) is 64.9 Å². The number of hydrogen-bond acceptors (Lipinski definition) is 5. The first-order valence-electron chi connectivity index (χ1n) is 8.41. The molecule has 1 aliphatic carbocycles. The molecule has 2 heterocycles. The molecule has 0 unspecified atom stereocenters. The second-order valence-electron chi connectivity index (χ2n) is 6.59. The van der Waals surface area contributed by atoms with Crippen molar-refractivity contribution < 1.29 is 13.5 Å². The molecular weight excluding hydrogens is 328 g/mol. The molecule has 0 saturated heterocycles. The van der Waals surface area contributed by atoms with Gasteiger partial charge in [0, 0.05) is 37.8 Å². The van der Waals surface area contributed by atoms with Crippen molar-refractivity contribution in [1.29, 1.82) is 0 Å². The van der Waals surface area contributed by atoms with E-state index in [-0.39, 0.29) is 18.9 Å². The molecule has 0 atom stereocenters. The largest absolute Gasteiger partial charge is 0.378 e. The number of nitrogens with zero attached hydrogens (tertiary/aromatic N) is 4. The molecule has 0 spiro atoms. The highest BCUT2D eigenvalue weighted by molar-refractivity contribution is 5.37. The van der Waals surface area contributed by atoms with Gasteiger partial charge in [0.25, 0.3) is 0 Å². The van der Waals surface area contributed by atoms with Crippen molar-refractivity contribution in [3.8, 4) is 5.82 Å². The van der Waals surface area contributed by atoms with E-state index in [9.17, 15) is 8.78 Å². The Bertz CT molecular complexity index is 737. The van der Waals surface area contributed by atoms with Crippen molar-refractivity contribution in [2.45, 2.75) is 58.1 Å². The number of hydrogen-bond donors (Lipinski definition) is 1. The van der Waals surface area contributed by atoms with E-state index in [1.165, 1.54) is 0 Å². The lowest BCUT2D eigenvalue weighted by Gasteiger charge is -2.28. The van der Waals surface area contributed by atoms with Gasteiger partial charge in [-0.05, 0) is 32.8 Å². The highest BCUT2D eigenvalue weighted by atomic mass is 19.3. The summed E-state index contributed by atoms with van der Waals surface area (Å²) in [6, 6.07) is 3.74. The quantitative estimate of drug-likeness (QED) is 0.894. The normalized spacial score (nSPS) is 17.6. The molecule has 0 aromatic carbocycles. The smallest absolute Gasteiger partial charge is 0.248 e. The minimum Gasteiger partial charge on any atom is -0.378 e. The summed E-state index contributed by atoms with van der Waals surface area (Å²) in [5, 5.41) is 7.65. The van der Waals surface area contributed by atoms with Crippen molar-refractivity contribution in [3.05, 3.63) is 29.2 Å². The lowest BCUT2D eigenvalue weighted by molar-refractivity contribution is -0.0361. The van der Waals surface area contributed by atoms with E-state index in [2.05, 4.69) is 20.4 Å². The Morgan fingerprint density at radius 2 is 1.96 bits per heavy atom. The highest BCUT2D eigenvalue weighted by Crippen LogP contribution is 2.34. The van der Waals surface area contributed by atoms with Gasteiger partial charge in [-0.2, -0.15) is 10.1 Å². The predicted molar refractivity (Wildman–Crippen MR) is 90.2 cm³/mol. The van der Waals surface area contributed by atoms with Gasteiger partial charge in [0.05, 0.1) is 18.0 Å². The van der Waals surface area contributed by atoms with Gasteiger partial charge in [-0.15, -0.1) is 0 Å². The molecule has 1 N–H and O–H groups in total. The zero-order valence-electron chi connectivity index (χ0n) is 14.7. The van der Waals surface area contributed by atoms with Crippen LogP contribution in [0.3, 0.4) is 0 Å². The van der Waals surface area contributed by atoms with Crippen LogP contribution in [0.4, 0.5) is 14.7 Å². The Kier molecular flexibility index (Phi) is 4.99. The maximum atomic E-state index is 13.3. The zero-order chi connectivity index (χ0) is 18.0. The van der Waals surface area contributed by atoms with E-state index in [1.807, 2.05) is 26.0 Å². The number of halogens is 2. The lowest BCUT2D eigenvalue weighted by atomic mass is 9.92. The molecule has 0 aliphatic heterocycles. The summed E-state index contributed by atoms with van der Waals surface area (Å²) >= 11 is 0. The SMILES string of the molecule is COCc1cc(-n2nc(C)cc2C)nc(NC2CCC(F)(F)CC2)n1. The third-order valence-electron chi connectivity index (χ3n) is 4.33. The number of nitrogens with one attached hydrogen (secondary N) is 1. The monoisotopic (exact) mass is 351 g/mol. The van der Waals surface area contributed by atoms with Crippen LogP contribution in [0.15, 0.2) is 12.1 Å². The molecule has 0 radical (unpaired) electrons. The maximum Gasteiger partial charge on any atom is 0.248 e. The first-order chi connectivity index (χ1) is 11.9. The summed E-state index contributed by atoms with van der Waals surface area (Å²) in [6.45, 7) is 4.21. The summed E-state index contributed by atoms with van der Waals surface area (Å²) in [5.74, 6) is -1.49. The fraction of sp³-hybridized carbons (Fsp3) is 0.588. The van der Waals surface area contributed by atoms with Crippen molar-refractivity contribution in [2.24, 2.45) is 0 Å². The third kappa shape index (κ3) is 4.31. The highest BCUT2D eigenvalue weighted by Gasteiger charge is 2.35. The second-order valence-corrected chi connectivity index (χ2v) is 6.59. The van der Waals surface area contributed by atoms with Gasteiger partial charge in [0.15, 0.2) is 5.82 Å². The van der Waals surface area contributed by atoms with E-state index >= 15 is 0 Å². The summed E-state index contributed by atoms with van der Waals surface area (Å²) in [6.07, 6.45) is 0.597. The molecule has 25 heavy (non-hydrogen) atoms. The van der Waals surface area contributed by atoms with Crippen LogP contribution in [0.25, 0.3) is 5.82 Å². The molecule has 1 saturated carbocycles. The molecule has 2 aromatic rings. The third-order valence-corrected chi connectivity index (χ3v) is 4.33. The van der Waals surface area contributed by atoms with Gasteiger partial charge in [0.1, 0.15) is 0 Å². The summed E-state index contributed by atoms with van der Waals surface area (Å²) in [7, 11) is 1.60. The molecule has 6 nitrogen and oxygen atoms in total. The molecule has 3 rings (SSSR count). The summed E-state index contributed by atoms with van der Waals surface area (Å²) in [5.41, 5.74) is 2.57. The lowest BCUT2D eigenvalue weighted by Crippen LogP contribution is -2.32. The molecular formula is C17H23F2N5O. The van der Waals surface area contributed by atoms with Gasteiger partial charge in [-0.3, -0.25) is 0 Å². The van der Waals surface area contributed by atoms with Crippen LogP contribution in [0, 0.1) is 13.8 Å². The number of aryl methyl sites for hydroxylation is 2. The number of rotatable bonds is 5. The number of alkyl halides is 2. The minimum atomic E-state index is -2.55. The van der Waals surface area contributed by atoms with Crippen LogP contribution < -0.4 is 5.32 Å². The van der Waals surface area contributed by atoms with Crippen LogP contribution >= 0.6 is 0 Å². The molecule has 1 fully saturated rings. The molecule has 8 heteroatoms. The van der Waals surface area contributed by atoms with E-state index < -0.39 is 5.92 Å².